The molecular formula is C48H82O19. The van der Waals surface area contributed by atoms with Gasteiger partial charge in [0.2, 0.25) is 0 Å². The first-order chi connectivity index (χ1) is 31.2. The summed E-state index contributed by atoms with van der Waals surface area (Å²) in [7, 11) is 0. The molecule has 19 heteroatoms. The van der Waals surface area contributed by atoms with Gasteiger partial charge in [-0.25, -0.2) is 0 Å². The lowest BCUT2D eigenvalue weighted by Gasteiger charge is -2.67. The van der Waals surface area contributed by atoms with E-state index in [2.05, 4.69) is 47.6 Å². The zero-order valence-electron chi connectivity index (χ0n) is 40.3. The molecule has 3 aliphatic heterocycles. The highest BCUT2D eigenvalue weighted by molar-refractivity contribution is 5.32. The standard InChI is InChI=1S/C48H82O19/c1-21(9-13-31(45(4,5)61)67-43-40(60)37(57)34(54)27(65-43)20-62-41-38(58)35(55)32(52)25(18-49)63-41)22-15-16-46(6)28-12-10-23-24(48(28,8)29(51)17-47(22,46)7)11-14-30(44(23,2)3)66-42-39(59)36(56)33(53)26(19-50)64-42/h10,21-22,24-43,49-61H,9,11-20H2,1-8H3/t21?,22?,24-,25?,26?,27?,28?,29?,30?,31?,32?,33?,34?,35?,36?,37?,38?,39?,40?,41?,42?,43?,46+,47-,48-/m1/s1. The predicted octanol–water partition coefficient (Wildman–Crippen LogP) is -1.06. The van der Waals surface area contributed by atoms with Crippen LogP contribution in [0.15, 0.2) is 11.6 Å². The highest BCUT2D eigenvalue weighted by Gasteiger charge is 2.70. The van der Waals surface area contributed by atoms with E-state index in [-0.39, 0.29) is 34.5 Å². The number of aliphatic hydroxyl groups is 13. The molecule has 13 N–H and O–H groups in total. The molecule has 0 bridgehead atoms. The van der Waals surface area contributed by atoms with Crippen molar-refractivity contribution in [3.05, 3.63) is 11.6 Å². The average molecular weight is 963 g/mol. The van der Waals surface area contributed by atoms with Gasteiger partial charge in [-0.3, -0.25) is 0 Å². The molecule has 7 rings (SSSR count). The Morgan fingerprint density at radius 3 is 1.79 bits per heavy atom. The van der Waals surface area contributed by atoms with E-state index < -0.39 is 147 Å². The van der Waals surface area contributed by atoms with Crippen LogP contribution in [0.3, 0.4) is 0 Å². The molecule has 4 aliphatic carbocycles. The molecule has 67 heavy (non-hydrogen) atoms. The molecule has 0 aromatic heterocycles. The first kappa shape index (κ1) is 53.8. The van der Waals surface area contributed by atoms with Gasteiger partial charge >= 0.3 is 0 Å². The number of allylic oxidation sites excluding steroid dienone is 1. The molecule has 6 fully saturated rings. The van der Waals surface area contributed by atoms with Gasteiger partial charge in [-0.2, -0.15) is 0 Å². The molecule has 19 nitrogen and oxygen atoms in total. The Morgan fingerprint density at radius 2 is 1.21 bits per heavy atom. The van der Waals surface area contributed by atoms with E-state index in [1.165, 1.54) is 5.57 Å². The SMILES string of the molecule is CC(CCC(OC1OC(COC2OC(CO)C(O)C(O)C2O)C(O)C(O)C1O)C(C)(C)O)C1CC[C@@]2(C)C3CC=C4[C@@H](CCC(OC5OC(CO)C(O)C(O)C5O)C4(C)C)[C@@]3(C)C(O)C[C@]12C. The second-order valence-corrected chi connectivity index (χ2v) is 23.1. The predicted molar refractivity (Wildman–Crippen MR) is 235 cm³/mol. The van der Waals surface area contributed by atoms with Gasteiger partial charge in [0.15, 0.2) is 18.9 Å². The van der Waals surface area contributed by atoms with E-state index in [4.69, 9.17) is 28.4 Å². The van der Waals surface area contributed by atoms with E-state index in [0.29, 0.717) is 25.7 Å². The summed E-state index contributed by atoms with van der Waals surface area (Å²) in [6.07, 6.45) is -16.7. The van der Waals surface area contributed by atoms with Crippen LogP contribution in [0, 0.1) is 45.3 Å². The molecule has 3 saturated carbocycles. The summed E-state index contributed by atoms with van der Waals surface area (Å²) in [6, 6.07) is 0. The third-order valence-corrected chi connectivity index (χ3v) is 18.7. The van der Waals surface area contributed by atoms with Crippen LogP contribution in [0.4, 0.5) is 0 Å². The fraction of sp³-hybridized carbons (Fsp3) is 0.958. The fourth-order valence-corrected chi connectivity index (χ4v) is 14.2. The fourth-order valence-electron chi connectivity index (χ4n) is 14.2. The van der Waals surface area contributed by atoms with E-state index in [1.54, 1.807) is 13.8 Å². The lowest BCUT2D eigenvalue weighted by Crippen LogP contribution is -2.65. The largest absolute Gasteiger partial charge is 0.394 e. The molecule has 0 aromatic carbocycles. The number of rotatable bonds is 14. The minimum Gasteiger partial charge on any atom is -0.394 e. The van der Waals surface area contributed by atoms with Crippen LogP contribution in [-0.4, -0.2) is 202 Å². The van der Waals surface area contributed by atoms with Gasteiger partial charge in [0.1, 0.15) is 73.2 Å². The van der Waals surface area contributed by atoms with E-state index in [1.807, 2.05) is 0 Å². The quantitative estimate of drug-likeness (QED) is 0.0924. The minimum absolute atomic E-state index is 0.0596. The zero-order chi connectivity index (χ0) is 49.5. The van der Waals surface area contributed by atoms with Crippen LogP contribution >= 0.6 is 0 Å². The lowest BCUT2D eigenvalue weighted by atomic mass is 9.38. The van der Waals surface area contributed by atoms with Gasteiger partial charge in [-0.15, -0.1) is 0 Å². The van der Waals surface area contributed by atoms with E-state index in [9.17, 15) is 66.4 Å². The molecule has 3 heterocycles. The van der Waals surface area contributed by atoms with Crippen molar-refractivity contribution in [1.82, 2.24) is 0 Å². The van der Waals surface area contributed by atoms with Crippen LogP contribution in [0.1, 0.15) is 107 Å². The first-order valence-electron chi connectivity index (χ1n) is 24.5. The Hall–Kier alpha value is -1.02. The number of aliphatic hydroxyl groups excluding tert-OH is 12. The summed E-state index contributed by atoms with van der Waals surface area (Å²) in [4.78, 5) is 0. The first-order valence-corrected chi connectivity index (χ1v) is 24.5. The normalized spacial score (nSPS) is 51.0. The molecule has 0 spiro atoms. The van der Waals surface area contributed by atoms with Gasteiger partial charge in [0.05, 0.1) is 43.7 Å². The highest BCUT2D eigenvalue weighted by Crippen LogP contribution is 2.75. The molecule has 0 radical (unpaired) electrons. The van der Waals surface area contributed by atoms with Crippen molar-refractivity contribution in [2.75, 3.05) is 19.8 Å². The van der Waals surface area contributed by atoms with Crippen molar-refractivity contribution in [2.45, 2.75) is 223 Å². The molecule has 25 atom stereocenters. The monoisotopic (exact) mass is 963 g/mol. The Morgan fingerprint density at radius 1 is 0.672 bits per heavy atom. The van der Waals surface area contributed by atoms with Gasteiger partial charge in [-0.1, -0.05) is 53.2 Å². The molecule has 7 aliphatic rings. The summed E-state index contributed by atoms with van der Waals surface area (Å²) in [5.74, 6) is 0.547. The van der Waals surface area contributed by atoms with Crippen molar-refractivity contribution < 1.29 is 94.8 Å². The summed E-state index contributed by atoms with van der Waals surface area (Å²) >= 11 is 0. The van der Waals surface area contributed by atoms with Crippen molar-refractivity contribution in [3.8, 4) is 0 Å². The van der Waals surface area contributed by atoms with Crippen LogP contribution < -0.4 is 0 Å². The van der Waals surface area contributed by atoms with Crippen LogP contribution in [-0.2, 0) is 28.4 Å². The number of fused-ring (bicyclic) bond motifs is 5. The second-order valence-electron chi connectivity index (χ2n) is 23.1. The maximum atomic E-state index is 12.6. The number of hydrogen-bond acceptors (Lipinski definition) is 19. The van der Waals surface area contributed by atoms with Crippen molar-refractivity contribution in [1.29, 1.82) is 0 Å². The Balaban J connectivity index is 1.01. The van der Waals surface area contributed by atoms with Crippen LogP contribution in [0.5, 0.6) is 0 Å². The van der Waals surface area contributed by atoms with Gasteiger partial charge < -0.3 is 94.8 Å². The molecule has 388 valence electrons. The summed E-state index contributed by atoms with van der Waals surface area (Å²) in [5.41, 5.74) is -1.60. The minimum atomic E-state index is -1.75. The van der Waals surface area contributed by atoms with Crippen LogP contribution in [0.25, 0.3) is 0 Å². The van der Waals surface area contributed by atoms with Gasteiger partial charge in [0.25, 0.3) is 0 Å². The summed E-state index contributed by atoms with van der Waals surface area (Å²) in [6.45, 7) is 14.8. The highest BCUT2D eigenvalue weighted by atomic mass is 16.7. The summed E-state index contributed by atoms with van der Waals surface area (Å²) < 4.78 is 35.3. The molecule has 3 saturated heterocycles. The van der Waals surface area contributed by atoms with Crippen molar-refractivity contribution in [3.63, 3.8) is 0 Å². The summed E-state index contributed by atoms with van der Waals surface area (Å²) in [5, 5.41) is 138. The van der Waals surface area contributed by atoms with E-state index in [0.717, 1.165) is 25.7 Å². The average Bonchev–Trinajstić information content (AvgIpc) is 3.54. The molecular weight excluding hydrogens is 881 g/mol. The molecule has 0 aromatic rings. The lowest BCUT2D eigenvalue weighted by molar-refractivity contribution is -0.341. The Bertz CT molecular complexity index is 1710. The van der Waals surface area contributed by atoms with Gasteiger partial charge in [0, 0.05) is 10.8 Å². The Labute approximate surface area is 393 Å². The topological polar surface area (TPSA) is 318 Å². The third kappa shape index (κ3) is 9.24. The number of ether oxygens (including phenoxy) is 6. The molecule has 0 amide bonds. The maximum absolute atomic E-state index is 12.6. The second kappa shape index (κ2) is 19.8. The van der Waals surface area contributed by atoms with E-state index >= 15 is 0 Å². The van der Waals surface area contributed by atoms with Crippen molar-refractivity contribution >= 4 is 0 Å². The number of hydrogen-bond donors (Lipinski definition) is 13. The van der Waals surface area contributed by atoms with Gasteiger partial charge in [-0.05, 0) is 99.7 Å². The van der Waals surface area contributed by atoms with Crippen molar-refractivity contribution in [2.24, 2.45) is 45.3 Å². The molecule has 21 unspecified atom stereocenters. The maximum Gasteiger partial charge on any atom is 0.187 e. The van der Waals surface area contributed by atoms with Crippen LogP contribution in [0.2, 0.25) is 0 Å². The third-order valence-electron chi connectivity index (χ3n) is 18.7. The Kier molecular flexibility index (Phi) is 15.9. The smallest absolute Gasteiger partial charge is 0.187 e. The zero-order valence-corrected chi connectivity index (χ0v) is 40.3.